The summed E-state index contributed by atoms with van der Waals surface area (Å²) in [4.78, 5) is 20.8. The Morgan fingerprint density at radius 2 is 1.04 bits per heavy atom. The van der Waals surface area contributed by atoms with E-state index in [2.05, 4.69) is 59.7 Å². The fraction of sp³-hybridized carbons (Fsp3) is 0.882. The van der Waals surface area contributed by atoms with Gasteiger partial charge < -0.3 is 24.5 Å². The molecule has 2 aliphatic heterocycles. The van der Waals surface area contributed by atoms with Crippen molar-refractivity contribution >= 4 is 11.9 Å². The van der Waals surface area contributed by atoms with Gasteiger partial charge in [0.2, 0.25) is 0 Å². The third-order valence-corrected chi connectivity index (χ3v) is 4.81. The van der Waals surface area contributed by atoms with Gasteiger partial charge in [-0.25, -0.2) is 0 Å². The number of nitrogens with zero attached hydrogens (tertiary/aromatic N) is 7. The monoisotopic (exact) mass is 337 g/mol. The average Bonchev–Trinajstić information content (AvgIpc) is 3.04. The molecule has 0 amide bonds. The standard InChI is InChI=1S/C17H35N7/c1-20(10-6-8-18-16-21(2)12-13-22(16)3)11-7-9-19-17-23(4)14-15-24(17)5/h6-15H2,1-5H3. The van der Waals surface area contributed by atoms with Crippen LogP contribution in [0, 0.1) is 0 Å². The largest absolute Gasteiger partial charge is 0.344 e. The Labute approximate surface area is 147 Å². The lowest BCUT2D eigenvalue weighted by atomic mass is 10.3. The van der Waals surface area contributed by atoms with Gasteiger partial charge in [-0.05, 0) is 33.0 Å². The van der Waals surface area contributed by atoms with Crippen molar-refractivity contribution in [1.82, 2.24) is 24.5 Å². The second kappa shape index (κ2) is 9.11. The van der Waals surface area contributed by atoms with Crippen molar-refractivity contribution in [3.8, 4) is 0 Å². The van der Waals surface area contributed by atoms with E-state index >= 15 is 0 Å². The van der Waals surface area contributed by atoms with E-state index in [4.69, 9.17) is 9.98 Å². The van der Waals surface area contributed by atoms with Crippen LogP contribution in [0.4, 0.5) is 0 Å². The number of hydrogen-bond donors (Lipinski definition) is 0. The van der Waals surface area contributed by atoms with Gasteiger partial charge in [0.25, 0.3) is 0 Å². The molecule has 7 heteroatoms. The molecule has 0 aromatic heterocycles. The van der Waals surface area contributed by atoms with E-state index in [0.29, 0.717) is 0 Å². The number of hydrogen-bond acceptors (Lipinski definition) is 3. The maximum atomic E-state index is 4.73. The molecule has 0 aromatic rings. The van der Waals surface area contributed by atoms with Gasteiger partial charge in [0.15, 0.2) is 11.9 Å². The first-order valence-electron chi connectivity index (χ1n) is 9.11. The topological polar surface area (TPSA) is 40.9 Å². The minimum Gasteiger partial charge on any atom is -0.344 e. The van der Waals surface area contributed by atoms with E-state index < -0.39 is 0 Å². The highest BCUT2D eigenvalue weighted by Gasteiger charge is 2.19. The molecule has 2 saturated heterocycles. The molecule has 2 aliphatic rings. The Balaban J connectivity index is 1.58. The number of guanidine groups is 2. The van der Waals surface area contributed by atoms with Gasteiger partial charge in [-0.3, -0.25) is 9.98 Å². The van der Waals surface area contributed by atoms with Crippen molar-refractivity contribution in [3.63, 3.8) is 0 Å². The predicted octanol–water partition coefficient (Wildman–Crippen LogP) is 0.165. The van der Waals surface area contributed by atoms with Crippen molar-refractivity contribution in [1.29, 1.82) is 0 Å². The van der Waals surface area contributed by atoms with Crippen LogP contribution in [-0.2, 0) is 0 Å². The first-order chi connectivity index (χ1) is 11.5. The van der Waals surface area contributed by atoms with Crippen molar-refractivity contribution in [2.45, 2.75) is 12.8 Å². The highest BCUT2D eigenvalue weighted by atomic mass is 15.4. The average molecular weight is 338 g/mol. The van der Waals surface area contributed by atoms with E-state index in [1.807, 2.05) is 0 Å². The van der Waals surface area contributed by atoms with Crippen LogP contribution in [-0.4, -0.2) is 124 Å². The summed E-state index contributed by atoms with van der Waals surface area (Å²) >= 11 is 0. The molecule has 138 valence electrons. The molecule has 2 fully saturated rings. The lowest BCUT2D eigenvalue weighted by Gasteiger charge is -2.18. The third-order valence-electron chi connectivity index (χ3n) is 4.81. The van der Waals surface area contributed by atoms with Crippen LogP contribution >= 0.6 is 0 Å². The minimum absolute atomic E-state index is 0.909. The fourth-order valence-electron chi connectivity index (χ4n) is 3.22. The second-order valence-corrected chi connectivity index (χ2v) is 7.06. The molecule has 0 bridgehead atoms. The molecular formula is C17H35N7. The maximum Gasteiger partial charge on any atom is 0.196 e. The molecule has 0 aliphatic carbocycles. The van der Waals surface area contributed by atoms with Gasteiger partial charge in [-0.1, -0.05) is 0 Å². The number of aliphatic imine (C=N–C) groups is 2. The van der Waals surface area contributed by atoms with Crippen molar-refractivity contribution in [2.75, 3.05) is 87.6 Å². The summed E-state index contributed by atoms with van der Waals surface area (Å²) in [7, 11) is 10.7. The van der Waals surface area contributed by atoms with Crippen LogP contribution in [0.2, 0.25) is 0 Å². The second-order valence-electron chi connectivity index (χ2n) is 7.06. The van der Waals surface area contributed by atoms with Crippen LogP contribution < -0.4 is 0 Å². The minimum atomic E-state index is 0.909. The summed E-state index contributed by atoms with van der Waals surface area (Å²) in [6.45, 7) is 8.36. The predicted molar refractivity (Wildman–Crippen MR) is 102 cm³/mol. The summed E-state index contributed by atoms with van der Waals surface area (Å²) in [5.74, 6) is 2.27. The van der Waals surface area contributed by atoms with E-state index in [-0.39, 0.29) is 0 Å². The molecule has 0 saturated carbocycles. The van der Waals surface area contributed by atoms with Gasteiger partial charge in [0.1, 0.15) is 0 Å². The highest BCUT2D eigenvalue weighted by Crippen LogP contribution is 2.05. The van der Waals surface area contributed by atoms with Gasteiger partial charge in [-0.2, -0.15) is 0 Å². The Bertz CT molecular complexity index is 384. The molecular weight excluding hydrogens is 302 g/mol. The molecule has 0 atom stereocenters. The number of rotatable bonds is 8. The smallest absolute Gasteiger partial charge is 0.196 e. The van der Waals surface area contributed by atoms with Crippen molar-refractivity contribution in [2.24, 2.45) is 9.98 Å². The maximum absolute atomic E-state index is 4.73. The van der Waals surface area contributed by atoms with Crippen molar-refractivity contribution in [3.05, 3.63) is 0 Å². The Kier molecular flexibility index (Phi) is 7.15. The normalized spacial score (nSPS) is 18.4. The molecule has 7 nitrogen and oxygen atoms in total. The highest BCUT2D eigenvalue weighted by molar-refractivity contribution is 5.81. The first kappa shape index (κ1) is 18.8. The number of likely N-dealkylation sites (N-methyl/N-ethyl adjacent to an activating group) is 4. The Morgan fingerprint density at radius 1 is 0.708 bits per heavy atom. The quantitative estimate of drug-likeness (QED) is 0.591. The van der Waals surface area contributed by atoms with E-state index in [0.717, 1.165) is 77.1 Å². The summed E-state index contributed by atoms with van der Waals surface area (Å²) in [6, 6.07) is 0. The van der Waals surface area contributed by atoms with Gasteiger partial charge in [0, 0.05) is 67.5 Å². The SMILES string of the molecule is CN(CCCN=C1N(C)CCN1C)CCCN=C1N(C)CCN1C. The molecule has 24 heavy (non-hydrogen) atoms. The zero-order valence-electron chi connectivity index (χ0n) is 16.2. The van der Waals surface area contributed by atoms with Gasteiger partial charge in [0.05, 0.1) is 0 Å². The first-order valence-corrected chi connectivity index (χ1v) is 9.11. The lowest BCUT2D eigenvalue weighted by molar-refractivity contribution is 0.328. The van der Waals surface area contributed by atoms with Crippen LogP contribution in [0.1, 0.15) is 12.8 Å². The van der Waals surface area contributed by atoms with Gasteiger partial charge >= 0.3 is 0 Å². The van der Waals surface area contributed by atoms with Crippen LogP contribution in [0.5, 0.6) is 0 Å². The third kappa shape index (κ3) is 5.26. The zero-order valence-corrected chi connectivity index (χ0v) is 16.2. The summed E-state index contributed by atoms with van der Waals surface area (Å²) in [5.41, 5.74) is 0. The van der Waals surface area contributed by atoms with Crippen LogP contribution in [0.15, 0.2) is 9.98 Å². The molecule has 2 rings (SSSR count). The zero-order chi connectivity index (χ0) is 17.5. The summed E-state index contributed by atoms with van der Waals surface area (Å²) in [5, 5.41) is 0. The van der Waals surface area contributed by atoms with E-state index in [1.165, 1.54) is 0 Å². The van der Waals surface area contributed by atoms with E-state index in [9.17, 15) is 0 Å². The summed E-state index contributed by atoms with van der Waals surface area (Å²) in [6.07, 6.45) is 2.23. The molecule has 0 N–H and O–H groups in total. The Morgan fingerprint density at radius 3 is 1.38 bits per heavy atom. The molecule has 0 aromatic carbocycles. The Hall–Kier alpha value is -1.50. The molecule has 2 heterocycles. The fourth-order valence-corrected chi connectivity index (χ4v) is 3.22. The molecule has 0 spiro atoms. The van der Waals surface area contributed by atoms with Crippen LogP contribution in [0.25, 0.3) is 0 Å². The summed E-state index contributed by atoms with van der Waals surface area (Å²) < 4.78 is 0. The van der Waals surface area contributed by atoms with Gasteiger partial charge in [-0.15, -0.1) is 0 Å². The lowest BCUT2D eigenvalue weighted by Crippen LogP contribution is -2.29. The van der Waals surface area contributed by atoms with Crippen LogP contribution in [0.3, 0.4) is 0 Å². The molecule has 0 unspecified atom stereocenters. The van der Waals surface area contributed by atoms with Crippen molar-refractivity contribution < 1.29 is 0 Å². The van der Waals surface area contributed by atoms with E-state index in [1.54, 1.807) is 0 Å². The molecule has 0 radical (unpaired) electrons.